The van der Waals surface area contributed by atoms with Crippen LogP contribution in [-0.2, 0) is 6.42 Å². The number of fused-ring (bicyclic) bond motifs is 1. The fourth-order valence-electron chi connectivity index (χ4n) is 4.38. The molecule has 0 amide bonds. The lowest BCUT2D eigenvalue weighted by atomic mass is 10.0. The second-order valence-corrected chi connectivity index (χ2v) is 8.46. The van der Waals surface area contributed by atoms with Gasteiger partial charge in [-0.25, -0.2) is 4.98 Å². The third kappa shape index (κ3) is 3.56. The molecule has 0 unspecified atom stereocenters. The lowest BCUT2D eigenvalue weighted by Gasteiger charge is -2.20. The lowest BCUT2D eigenvalue weighted by molar-refractivity contribution is 0.0987. The van der Waals surface area contributed by atoms with Crippen molar-refractivity contribution in [2.45, 2.75) is 33.1 Å². The van der Waals surface area contributed by atoms with Crippen LogP contribution in [0.25, 0.3) is 22.3 Å². The van der Waals surface area contributed by atoms with E-state index in [1.165, 1.54) is 12.8 Å². The van der Waals surface area contributed by atoms with Crippen LogP contribution in [0.15, 0.2) is 36.5 Å². The topological polar surface area (TPSA) is 77.7 Å². The molecule has 3 aromatic heterocycles. The fourth-order valence-corrected chi connectivity index (χ4v) is 4.38. The fraction of sp³-hybridized carbons (Fsp3) is 0.269. The van der Waals surface area contributed by atoms with Gasteiger partial charge in [0.15, 0.2) is 5.78 Å². The molecule has 6 heteroatoms. The van der Waals surface area contributed by atoms with Crippen LogP contribution in [0.3, 0.4) is 0 Å². The molecular formula is C26H25N5O. The molecule has 4 aromatic rings. The van der Waals surface area contributed by atoms with Gasteiger partial charge in [-0.05, 0) is 56.5 Å². The summed E-state index contributed by atoms with van der Waals surface area (Å²) in [6.45, 7) is 5.91. The summed E-state index contributed by atoms with van der Waals surface area (Å²) in [5, 5.41) is 8.01. The zero-order chi connectivity index (χ0) is 22.2. The second-order valence-electron chi connectivity index (χ2n) is 8.46. The first-order valence-electron chi connectivity index (χ1n) is 10.9. The Hall–Kier alpha value is -3.85. The minimum absolute atomic E-state index is 0.0103. The standard InChI is InChI=1S/C26H25N5O/c1-4-19-7-8-20(14-23(19)31-9-5-6-10-31)22-13-21-11-18(15-27-26(21)28-22)12-24(32)25-16(2)17(3)29-30-25/h1,7-8,11,13-15H,5-6,9-10,12H2,2-3H3,(H,27,28)(H,29,30). The van der Waals surface area contributed by atoms with Crippen LogP contribution < -0.4 is 4.90 Å². The average Bonchev–Trinajstić information content (AvgIpc) is 3.54. The average molecular weight is 424 g/mol. The normalized spacial score (nSPS) is 13.6. The van der Waals surface area contributed by atoms with E-state index < -0.39 is 0 Å². The van der Waals surface area contributed by atoms with Crippen molar-refractivity contribution in [2.24, 2.45) is 0 Å². The Morgan fingerprint density at radius 3 is 2.72 bits per heavy atom. The van der Waals surface area contributed by atoms with Crippen LogP contribution in [-0.4, -0.2) is 39.0 Å². The third-order valence-corrected chi connectivity index (χ3v) is 6.32. The highest BCUT2D eigenvalue weighted by atomic mass is 16.1. The molecule has 1 aromatic carbocycles. The Balaban J connectivity index is 1.44. The van der Waals surface area contributed by atoms with Crippen LogP contribution in [0, 0.1) is 26.2 Å². The first-order valence-corrected chi connectivity index (χ1v) is 10.9. The summed E-state index contributed by atoms with van der Waals surface area (Å²) in [6.07, 6.45) is 10.2. The van der Waals surface area contributed by atoms with Crippen LogP contribution in [0.4, 0.5) is 5.69 Å². The monoisotopic (exact) mass is 423 g/mol. The molecule has 1 saturated heterocycles. The number of nitrogens with one attached hydrogen (secondary N) is 2. The smallest absolute Gasteiger partial charge is 0.187 e. The highest BCUT2D eigenvalue weighted by Crippen LogP contribution is 2.31. The number of ketones is 1. The van der Waals surface area contributed by atoms with E-state index in [0.29, 0.717) is 5.69 Å². The Labute approximate surface area is 187 Å². The third-order valence-electron chi connectivity index (χ3n) is 6.32. The second kappa shape index (κ2) is 8.01. The molecule has 1 fully saturated rings. The van der Waals surface area contributed by atoms with Crippen molar-refractivity contribution >= 4 is 22.5 Å². The van der Waals surface area contributed by atoms with Gasteiger partial charge in [-0.15, -0.1) is 6.42 Å². The summed E-state index contributed by atoms with van der Waals surface area (Å²) in [5.74, 6) is 2.81. The van der Waals surface area contributed by atoms with Gasteiger partial charge in [-0.3, -0.25) is 9.89 Å². The number of hydrogen-bond acceptors (Lipinski definition) is 4. The predicted molar refractivity (Wildman–Crippen MR) is 127 cm³/mol. The van der Waals surface area contributed by atoms with Crippen molar-refractivity contribution in [2.75, 3.05) is 18.0 Å². The number of carbonyl (C=O) groups is 1. The number of H-pyrrole nitrogens is 2. The van der Waals surface area contributed by atoms with E-state index in [4.69, 9.17) is 6.42 Å². The molecule has 0 atom stereocenters. The van der Waals surface area contributed by atoms with E-state index in [0.717, 1.165) is 63.5 Å². The number of benzene rings is 1. The maximum absolute atomic E-state index is 12.7. The van der Waals surface area contributed by atoms with Crippen LogP contribution in [0.2, 0.25) is 0 Å². The number of nitrogens with zero attached hydrogens (tertiary/aromatic N) is 3. The van der Waals surface area contributed by atoms with Crippen LogP contribution >= 0.6 is 0 Å². The molecule has 0 bridgehead atoms. The maximum atomic E-state index is 12.7. The van der Waals surface area contributed by atoms with Gasteiger partial charge in [0.1, 0.15) is 11.3 Å². The van der Waals surface area contributed by atoms with E-state index >= 15 is 0 Å². The van der Waals surface area contributed by atoms with Gasteiger partial charge in [-0.2, -0.15) is 5.10 Å². The Morgan fingerprint density at radius 2 is 2.00 bits per heavy atom. The molecule has 6 nitrogen and oxygen atoms in total. The number of aryl methyl sites for hydroxylation is 1. The molecule has 4 heterocycles. The van der Waals surface area contributed by atoms with Gasteiger partial charge in [0, 0.05) is 59.2 Å². The van der Waals surface area contributed by atoms with Gasteiger partial charge in [0.05, 0.1) is 5.69 Å². The predicted octanol–water partition coefficient (Wildman–Crippen LogP) is 4.58. The quantitative estimate of drug-likeness (QED) is 0.364. The minimum atomic E-state index is -0.0103. The molecule has 160 valence electrons. The summed E-state index contributed by atoms with van der Waals surface area (Å²) in [7, 11) is 0. The SMILES string of the molecule is C#Cc1ccc(-c2cc3cc(CC(=O)c4n[nH]c(C)c4C)cnc3[nH]2)cc1N1CCCC1. The van der Waals surface area contributed by atoms with Crippen molar-refractivity contribution in [3.8, 4) is 23.6 Å². The number of aromatic nitrogens is 4. The molecule has 2 N–H and O–H groups in total. The number of aromatic amines is 2. The Kier molecular flexibility index (Phi) is 5.02. The molecule has 0 saturated carbocycles. The summed E-state index contributed by atoms with van der Waals surface area (Å²) >= 11 is 0. The summed E-state index contributed by atoms with van der Waals surface area (Å²) in [5.41, 5.74) is 8.08. The number of terminal acetylenes is 1. The molecule has 0 radical (unpaired) electrons. The molecule has 32 heavy (non-hydrogen) atoms. The van der Waals surface area contributed by atoms with Crippen molar-refractivity contribution in [1.29, 1.82) is 0 Å². The highest BCUT2D eigenvalue weighted by molar-refractivity contribution is 5.97. The Morgan fingerprint density at radius 1 is 1.19 bits per heavy atom. The molecule has 5 rings (SSSR count). The van der Waals surface area contributed by atoms with Crippen molar-refractivity contribution in [3.05, 3.63) is 64.6 Å². The van der Waals surface area contributed by atoms with Crippen LogP contribution in [0.5, 0.6) is 0 Å². The van der Waals surface area contributed by atoms with Gasteiger partial charge >= 0.3 is 0 Å². The van der Waals surface area contributed by atoms with Crippen molar-refractivity contribution in [1.82, 2.24) is 20.2 Å². The molecule has 1 aliphatic heterocycles. The summed E-state index contributed by atoms with van der Waals surface area (Å²) in [6, 6.07) is 10.3. The van der Waals surface area contributed by atoms with Gasteiger partial charge in [0.25, 0.3) is 0 Å². The maximum Gasteiger partial charge on any atom is 0.187 e. The van der Waals surface area contributed by atoms with Crippen molar-refractivity contribution in [3.63, 3.8) is 0 Å². The minimum Gasteiger partial charge on any atom is -0.371 e. The number of anilines is 1. The number of pyridine rings is 1. The number of carbonyl (C=O) groups excluding carboxylic acids is 1. The zero-order valence-electron chi connectivity index (χ0n) is 18.3. The van der Waals surface area contributed by atoms with E-state index in [1.54, 1.807) is 6.20 Å². The largest absolute Gasteiger partial charge is 0.371 e. The van der Waals surface area contributed by atoms with E-state index in [2.05, 4.69) is 43.1 Å². The lowest BCUT2D eigenvalue weighted by Crippen LogP contribution is -2.18. The number of rotatable bonds is 5. The van der Waals surface area contributed by atoms with Gasteiger partial charge < -0.3 is 9.88 Å². The number of Topliss-reactive ketones (excluding diaryl/α,β-unsaturated/α-hetero) is 1. The first kappa shape index (κ1) is 20.1. The Bertz CT molecular complexity index is 1360. The summed E-state index contributed by atoms with van der Waals surface area (Å²) < 4.78 is 0. The first-order chi connectivity index (χ1) is 15.5. The molecule has 1 aliphatic rings. The molecular weight excluding hydrogens is 398 g/mol. The molecule has 0 spiro atoms. The van der Waals surface area contributed by atoms with Gasteiger partial charge in [-0.1, -0.05) is 12.0 Å². The van der Waals surface area contributed by atoms with Crippen LogP contribution in [0.1, 0.15) is 45.7 Å². The molecule has 0 aliphatic carbocycles. The van der Waals surface area contributed by atoms with E-state index in [9.17, 15) is 4.79 Å². The van der Waals surface area contributed by atoms with E-state index in [1.807, 2.05) is 32.0 Å². The highest BCUT2D eigenvalue weighted by Gasteiger charge is 2.18. The number of hydrogen-bond donors (Lipinski definition) is 2. The zero-order valence-corrected chi connectivity index (χ0v) is 18.3. The van der Waals surface area contributed by atoms with Gasteiger partial charge in [0.2, 0.25) is 0 Å². The van der Waals surface area contributed by atoms with Crippen molar-refractivity contribution < 1.29 is 4.79 Å². The van der Waals surface area contributed by atoms with E-state index in [-0.39, 0.29) is 12.2 Å². The summed E-state index contributed by atoms with van der Waals surface area (Å²) in [4.78, 5) is 23.0.